The lowest BCUT2D eigenvalue weighted by Gasteiger charge is -2.29. The van der Waals surface area contributed by atoms with Gasteiger partial charge in [0.15, 0.2) is 5.65 Å². The fourth-order valence-electron chi connectivity index (χ4n) is 3.36. The van der Waals surface area contributed by atoms with Gasteiger partial charge in [-0.1, -0.05) is 0 Å². The van der Waals surface area contributed by atoms with E-state index in [0.717, 1.165) is 48.3 Å². The molecule has 1 fully saturated rings. The number of hydrogen-bond acceptors (Lipinski definition) is 7. The summed E-state index contributed by atoms with van der Waals surface area (Å²) in [6.45, 7) is 2.14. The molecule has 0 atom stereocenters. The number of methoxy groups -OCH3 is 1. The number of anilines is 2. The van der Waals surface area contributed by atoms with Gasteiger partial charge in [0.05, 0.1) is 18.2 Å². The molecule has 0 unspecified atom stereocenters. The van der Waals surface area contributed by atoms with Crippen LogP contribution in [-0.4, -0.2) is 53.1 Å². The second kappa shape index (κ2) is 7.36. The second-order valence-electron chi connectivity index (χ2n) is 6.95. The van der Waals surface area contributed by atoms with Crippen LogP contribution in [0, 0.1) is 0 Å². The van der Waals surface area contributed by atoms with Crippen LogP contribution in [0.3, 0.4) is 0 Å². The first kappa shape index (κ1) is 17.5. The lowest BCUT2D eigenvalue weighted by atomic mass is 10.1. The summed E-state index contributed by atoms with van der Waals surface area (Å²) < 4.78 is 5.22. The molecule has 1 aliphatic heterocycles. The molecule has 0 amide bonds. The summed E-state index contributed by atoms with van der Waals surface area (Å²) >= 11 is 0. The van der Waals surface area contributed by atoms with Gasteiger partial charge in [0.25, 0.3) is 0 Å². The molecular formula is C20H24N6O. The Balaban J connectivity index is 1.63. The van der Waals surface area contributed by atoms with Gasteiger partial charge >= 0.3 is 0 Å². The third kappa shape index (κ3) is 3.78. The predicted molar refractivity (Wildman–Crippen MR) is 108 cm³/mol. The molecule has 1 aromatic carbocycles. The summed E-state index contributed by atoms with van der Waals surface area (Å²) in [6, 6.07) is 12.0. The van der Waals surface area contributed by atoms with Crippen LogP contribution in [-0.2, 0) is 0 Å². The summed E-state index contributed by atoms with van der Waals surface area (Å²) in [4.78, 5) is 16.1. The maximum atomic E-state index is 6.15. The highest BCUT2D eigenvalue weighted by Gasteiger charge is 2.18. The van der Waals surface area contributed by atoms with Gasteiger partial charge in [-0.25, -0.2) is 4.98 Å². The molecule has 27 heavy (non-hydrogen) atoms. The van der Waals surface area contributed by atoms with Crippen molar-refractivity contribution in [2.75, 3.05) is 38.3 Å². The Morgan fingerprint density at radius 2 is 1.78 bits per heavy atom. The Hall–Kier alpha value is -2.93. The molecule has 3 N–H and O–H groups in total. The molecule has 0 radical (unpaired) electrons. The van der Waals surface area contributed by atoms with Gasteiger partial charge in [-0.15, -0.1) is 0 Å². The summed E-state index contributed by atoms with van der Waals surface area (Å²) in [5.41, 5.74) is 8.60. The van der Waals surface area contributed by atoms with Gasteiger partial charge in [0, 0.05) is 11.6 Å². The molecule has 1 saturated heterocycles. The first-order valence-electron chi connectivity index (χ1n) is 9.16. The van der Waals surface area contributed by atoms with Gasteiger partial charge in [0.1, 0.15) is 11.6 Å². The number of nitrogens with zero attached hydrogens (tertiary/aromatic N) is 4. The molecule has 3 heterocycles. The number of rotatable bonds is 4. The van der Waals surface area contributed by atoms with E-state index in [2.05, 4.69) is 27.2 Å². The molecule has 0 spiro atoms. The van der Waals surface area contributed by atoms with E-state index in [9.17, 15) is 0 Å². The first-order valence-corrected chi connectivity index (χ1v) is 9.16. The number of nitrogens with one attached hydrogen (secondary N) is 1. The second-order valence-corrected chi connectivity index (χ2v) is 6.95. The Kier molecular flexibility index (Phi) is 4.77. The Labute approximate surface area is 158 Å². The molecule has 1 aliphatic rings. The van der Waals surface area contributed by atoms with Crippen LogP contribution < -0.4 is 15.8 Å². The van der Waals surface area contributed by atoms with Gasteiger partial charge in [-0.2, -0.15) is 9.97 Å². The molecule has 0 bridgehead atoms. The molecule has 7 heteroatoms. The summed E-state index contributed by atoms with van der Waals surface area (Å²) in [5, 5.41) is 4.19. The standard InChI is InChI=1S/C20H24N6O/c1-26-11-9-14(10-12-26)22-20-24-18(21)16-7-8-17(23-19(16)25-20)13-3-5-15(27-2)6-4-13/h3-8,14H,9-12H2,1-2H3,(H3,21,22,23,24,25). The fourth-order valence-corrected chi connectivity index (χ4v) is 3.36. The lowest BCUT2D eigenvalue weighted by Crippen LogP contribution is -2.37. The Morgan fingerprint density at radius 1 is 1.04 bits per heavy atom. The van der Waals surface area contributed by atoms with Crippen LogP contribution in [0.5, 0.6) is 5.75 Å². The fraction of sp³-hybridized carbons (Fsp3) is 0.350. The van der Waals surface area contributed by atoms with E-state index in [1.807, 2.05) is 36.4 Å². The van der Waals surface area contributed by atoms with Crippen molar-refractivity contribution >= 4 is 22.8 Å². The van der Waals surface area contributed by atoms with Gasteiger partial charge in [-0.3, -0.25) is 0 Å². The zero-order chi connectivity index (χ0) is 18.8. The number of benzene rings is 1. The minimum Gasteiger partial charge on any atom is -0.497 e. The highest BCUT2D eigenvalue weighted by atomic mass is 16.5. The number of nitrogens with two attached hydrogens (primary N) is 1. The third-order valence-corrected chi connectivity index (χ3v) is 5.03. The molecule has 140 valence electrons. The van der Waals surface area contributed by atoms with E-state index in [0.29, 0.717) is 23.5 Å². The van der Waals surface area contributed by atoms with E-state index in [-0.39, 0.29) is 0 Å². The maximum Gasteiger partial charge on any atom is 0.226 e. The molecule has 2 aromatic heterocycles. The van der Waals surface area contributed by atoms with Gasteiger partial charge < -0.3 is 20.7 Å². The number of pyridine rings is 1. The van der Waals surface area contributed by atoms with Gasteiger partial charge in [0.2, 0.25) is 5.95 Å². The normalized spacial score (nSPS) is 15.8. The molecule has 0 saturated carbocycles. The van der Waals surface area contributed by atoms with E-state index in [4.69, 9.17) is 15.5 Å². The molecule has 4 rings (SSSR count). The quantitative estimate of drug-likeness (QED) is 0.736. The van der Waals surface area contributed by atoms with E-state index in [1.165, 1.54) is 0 Å². The summed E-state index contributed by atoms with van der Waals surface area (Å²) in [6.07, 6.45) is 2.13. The van der Waals surface area contributed by atoms with Crippen LogP contribution in [0.4, 0.5) is 11.8 Å². The third-order valence-electron chi connectivity index (χ3n) is 5.03. The number of hydrogen-bond donors (Lipinski definition) is 2. The van der Waals surface area contributed by atoms with Crippen LogP contribution in [0.15, 0.2) is 36.4 Å². The molecule has 7 nitrogen and oxygen atoms in total. The Morgan fingerprint density at radius 3 is 2.48 bits per heavy atom. The van der Waals surface area contributed by atoms with Crippen molar-refractivity contribution in [3.05, 3.63) is 36.4 Å². The number of nitrogen functional groups attached to an aromatic ring is 1. The van der Waals surface area contributed by atoms with Crippen molar-refractivity contribution in [2.45, 2.75) is 18.9 Å². The number of aromatic nitrogens is 3. The number of fused-ring (bicyclic) bond motifs is 1. The van der Waals surface area contributed by atoms with Crippen LogP contribution >= 0.6 is 0 Å². The highest BCUT2D eigenvalue weighted by molar-refractivity contribution is 5.88. The van der Waals surface area contributed by atoms with Crippen molar-refractivity contribution < 1.29 is 4.74 Å². The topological polar surface area (TPSA) is 89.2 Å². The highest BCUT2D eigenvalue weighted by Crippen LogP contribution is 2.25. The Bertz CT molecular complexity index is 935. The average Bonchev–Trinajstić information content (AvgIpc) is 2.69. The van der Waals surface area contributed by atoms with E-state index >= 15 is 0 Å². The summed E-state index contributed by atoms with van der Waals surface area (Å²) in [5.74, 6) is 1.81. The first-order chi connectivity index (χ1) is 13.1. The largest absolute Gasteiger partial charge is 0.497 e. The van der Waals surface area contributed by atoms with Crippen molar-refractivity contribution in [1.29, 1.82) is 0 Å². The van der Waals surface area contributed by atoms with Crippen molar-refractivity contribution in [3.63, 3.8) is 0 Å². The number of likely N-dealkylation sites (tertiary alicyclic amines) is 1. The van der Waals surface area contributed by atoms with Crippen molar-refractivity contribution in [3.8, 4) is 17.0 Å². The van der Waals surface area contributed by atoms with Crippen molar-refractivity contribution in [2.24, 2.45) is 0 Å². The van der Waals surface area contributed by atoms with Crippen LogP contribution in [0.2, 0.25) is 0 Å². The minimum atomic E-state index is 0.364. The zero-order valence-electron chi connectivity index (χ0n) is 15.6. The molecular weight excluding hydrogens is 340 g/mol. The van der Waals surface area contributed by atoms with Crippen molar-refractivity contribution in [1.82, 2.24) is 19.9 Å². The number of piperidine rings is 1. The molecule has 3 aromatic rings. The smallest absolute Gasteiger partial charge is 0.226 e. The maximum absolute atomic E-state index is 6.15. The summed E-state index contributed by atoms with van der Waals surface area (Å²) in [7, 11) is 3.80. The van der Waals surface area contributed by atoms with Crippen LogP contribution in [0.1, 0.15) is 12.8 Å². The zero-order valence-corrected chi connectivity index (χ0v) is 15.6. The number of ether oxygens (including phenoxy) is 1. The lowest BCUT2D eigenvalue weighted by molar-refractivity contribution is 0.263. The van der Waals surface area contributed by atoms with Crippen LogP contribution in [0.25, 0.3) is 22.3 Å². The SMILES string of the molecule is COc1ccc(-c2ccc3c(N)nc(NC4CCN(C)CC4)nc3n2)cc1. The molecule has 0 aliphatic carbocycles. The van der Waals surface area contributed by atoms with Gasteiger partial charge in [-0.05, 0) is 69.4 Å². The average molecular weight is 364 g/mol. The predicted octanol–water partition coefficient (Wildman–Crippen LogP) is 2.79. The minimum absolute atomic E-state index is 0.364. The van der Waals surface area contributed by atoms with E-state index < -0.39 is 0 Å². The monoisotopic (exact) mass is 364 g/mol. The van der Waals surface area contributed by atoms with E-state index in [1.54, 1.807) is 7.11 Å².